The van der Waals surface area contributed by atoms with Gasteiger partial charge < -0.3 is 20.2 Å². The van der Waals surface area contributed by atoms with Crippen LogP contribution in [0.15, 0.2) is 24.3 Å². The molecule has 0 aliphatic rings. The average Bonchev–Trinajstić information content (AvgIpc) is 2.52. The van der Waals surface area contributed by atoms with Crippen molar-refractivity contribution in [3.8, 4) is 11.5 Å². The van der Waals surface area contributed by atoms with Gasteiger partial charge in [-0.2, -0.15) is 4.98 Å². The predicted octanol–water partition coefficient (Wildman–Crippen LogP) is 2.47. The van der Waals surface area contributed by atoms with Crippen LogP contribution in [0.3, 0.4) is 0 Å². The fraction of sp³-hybridized carbons (Fsp3) is 0.231. The number of anilines is 2. The molecule has 0 amide bonds. The molecule has 120 valence electrons. The number of halogens is 2. The minimum atomic E-state index is 0. The first-order chi connectivity index (χ1) is 10.2. The zero-order valence-electron chi connectivity index (χ0n) is 12.1. The zero-order chi connectivity index (χ0) is 15.2. The van der Waals surface area contributed by atoms with Gasteiger partial charge in [0, 0.05) is 24.2 Å². The number of nitrogens with zero attached hydrogens (tertiary/aromatic N) is 2. The van der Waals surface area contributed by atoms with E-state index >= 15 is 0 Å². The third kappa shape index (κ3) is 4.52. The third-order valence-electron chi connectivity index (χ3n) is 2.77. The van der Waals surface area contributed by atoms with E-state index in [1.165, 1.54) is 6.07 Å². The van der Waals surface area contributed by atoms with E-state index in [0.717, 1.165) is 11.3 Å². The summed E-state index contributed by atoms with van der Waals surface area (Å²) in [6.45, 7) is 0.470. The van der Waals surface area contributed by atoms with Crippen LogP contribution in [-0.4, -0.2) is 24.2 Å². The summed E-state index contributed by atoms with van der Waals surface area (Å²) in [5.74, 6) is 7.55. The molecule has 1 aromatic heterocycles. The lowest BCUT2D eigenvalue weighted by molar-refractivity contribution is 0.391. The SMILES string of the molecule is COc1ccc(CNc2nc(Cl)cc(NN)n2)c(OC)c1.Cl. The number of hydrogen-bond acceptors (Lipinski definition) is 7. The Morgan fingerprint density at radius 3 is 2.59 bits per heavy atom. The predicted molar refractivity (Wildman–Crippen MR) is 89.0 cm³/mol. The summed E-state index contributed by atoms with van der Waals surface area (Å²) in [7, 11) is 3.21. The Balaban J connectivity index is 0.00000242. The molecule has 0 saturated heterocycles. The van der Waals surface area contributed by atoms with Gasteiger partial charge in [-0.3, -0.25) is 0 Å². The number of ether oxygens (including phenoxy) is 2. The smallest absolute Gasteiger partial charge is 0.226 e. The van der Waals surface area contributed by atoms with Gasteiger partial charge in [-0.05, 0) is 12.1 Å². The van der Waals surface area contributed by atoms with Gasteiger partial charge in [-0.1, -0.05) is 11.6 Å². The molecule has 0 radical (unpaired) electrons. The van der Waals surface area contributed by atoms with Crippen LogP contribution < -0.4 is 26.1 Å². The summed E-state index contributed by atoms with van der Waals surface area (Å²) in [5.41, 5.74) is 3.36. The van der Waals surface area contributed by atoms with Crippen molar-refractivity contribution in [1.82, 2.24) is 9.97 Å². The van der Waals surface area contributed by atoms with Crippen molar-refractivity contribution >= 4 is 35.8 Å². The molecule has 0 aliphatic heterocycles. The van der Waals surface area contributed by atoms with Crippen LogP contribution in [0, 0.1) is 0 Å². The maximum absolute atomic E-state index is 5.88. The molecule has 2 aromatic rings. The average molecular weight is 346 g/mol. The van der Waals surface area contributed by atoms with Crippen LogP contribution in [-0.2, 0) is 6.54 Å². The van der Waals surface area contributed by atoms with E-state index in [1.807, 2.05) is 18.2 Å². The van der Waals surface area contributed by atoms with E-state index in [0.29, 0.717) is 29.2 Å². The molecule has 0 spiro atoms. The quantitative estimate of drug-likeness (QED) is 0.420. The highest BCUT2D eigenvalue weighted by molar-refractivity contribution is 6.29. The van der Waals surface area contributed by atoms with E-state index in [9.17, 15) is 0 Å². The number of nitrogens with two attached hydrogens (primary N) is 1. The normalized spacial score (nSPS) is 9.64. The number of hydrogen-bond donors (Lipinski definition) is 3. The van der Waals surface area contributed by atoms with Gasteiger partial charge in [-0.25, -0.2) is 10.8 Å². The zero-order valence-corrected chi connectivity index (χ0v) is 13.7. The Morgan fingerprint density at radius 1 is 1.18 bits per heavy atom. The number of rotatable bonds is 6. The van der Waals surface area contributed by atoms with Crippen molar-refractivity contribution in [2.45, 2.75) is 6.54 Å². The molecule has 22 heavy (non-hydrogen) atoms. The monoisotopic (exact) mass is 345 g/mol. The van der Waals surface area contributed by atoms with Gasteiger partial charge >= 0.3 is 0 Å². The molecule has 0 atom stereocenters. The number of benzene rings is 1. The lowest BCUT2D eigenvalue weighted by Gasteiger charge is -2.11. The first-order valence-corrected chi connectivity index (χ1v) is 6.50. The van der Waals surface area contributed by atoms with Crippen LogP contribution in [0.1, 0.15) is 5.56 Å². The number of aromatic nitrogens is 2. The minimum absolute atomic E-state index is 0. The van der Waals surface area contributed by atoms with Gasteiger partial charge in [-0.15, -0.1) is 12.4 Å². The molecule has 0 bridgehead atoms. The molecule has 7 nitrogen and oxygen atoms in total. The van der Waals surface area contributed by atoms with Gasteiger partial charge in [0.2, 0.25) is 5.95 Å². The van der Waals surface area contributed by atoms with Crippen molar-refractivity contribution in [2.24, 2.45) is 5.84 Å². The highest BCUT2D eigenvalue weighted by Crippen LogP contribution is 2.25. The molecular weight excluding hydrogens is 329 g/mol. The molecule has 0 fully saturated rings. The van der Waals surface area contributed by atoms with Crippen LogP contribution in [0.25, 0.3) is 0 Å². The Bertz CT molecular complexity index is 627. The first kappa shape index (κ1) is 18.1. The lowest BCUT2D eigenvalue weighted by atomic mass is 10.2. The van der Waals surface area contributed by atoms with Crippen LogP contribution in [0.4, 0.5) is 11.8 Å². The molecule has 0 unspecified atom stereocenters. The van der Waals surface area contributed by atoms with Crippen LogP contribution in [0.2, 0.25) is 5.15 Å². The maximum atomic E-state index is 5.88. The Labute approximate surface area is 139 Å². The summed E-state index contributed by atoms with van der Waals surface area (Å²) in [4.78, 5) is 8.22. The van der Waals surface area contributed by atoms with Gasteiger partial charge in [0.1, 0.15) is 22.5 Å². The largest absolute Gasteiger partial charge is 0.497 e. The Hall–Kier alpha value is -1.96. The van der Waals surface area contributed by atoms with Crippen molar-refractivity contribution in [2.75, 3.05) is 25.0 Å². The van der Waals surface area contributed by atoms with E-state index in [4.69, 9.17) is 26.9 Å². The second-order valence-corrected chi connectivity index (χ2v) is 4.46. The van der Waals surface area contributed by atoms with Crippen molar-refractivity contribution in [3.63, 3.8) is 0 Å². The first-order valence-electron chi connectivity index (χ1n) is 6.12. The molecule has 9 heteroatoms. The third-order valence-corrected chi connectivity index (χ3v) is 2.97. The fourth-order valence-corrected chi connectivity index (χ4v) is 1.93. The van der Waals surface area contributed by atoms with E-state index in [-0.39, 0.29) is 12.4 Å². The Kier molecular flexibility index (Phi) is 6.97. The van der Waals surface area contributed by atoms with Crippen molar-refractivity contribution in [3.05, 3.63) is 35.0 Å². The van der Waals surface area contributed by atoms with Gasteiger partial charge in [0.05, 0.1) is 14.2 Å². The van der Waals surface area contributed by atoms with Crippen LogP contribution >= 0.6 is 24.0 Å². The van der Waals surface area contributed by atoms with Crippen molar-refractivity contribution in [1.29, 1.82) is 0 Å². The summed E-state index contributed by atoms with van der Waals surface area (Å²) in [5, 5.41) is 3.36. The molecule has 4 N–H and O–H groups in total. The number of nitrogens with one attached hydrogen (secondary N) is 2. The number of methoxy groups -OCH3 is 2. The molecule has 1 heterocycles. The van der Waals surface area contributed by atoms with Gasteiger partial charge in [0.15, 0.2) is 0 Å². The van der Waals surface area contributed by atoms with Crippen molar-refractivity contribution < 1.29 is 9.47 Å². The fourth-order valence-electron chi connectivity index (χ4n) is 1.74. The van der Waals surface area contributed by atoms with E-state index < -0.39 is 0 Å². The highest BCUT2D eigenvalue weighted by Gasteiger charge is 2.07. The maximum Gasteiger partial charge on any atom is 0.226 e. The van der Waals surface area contributed by atoms with Gasteiger partial charge in [0.25, 0.3) is 0 Å². The molecule has 0 aliphatic carbocycles. The molecule has 0 saturated carbocycles. The lowest BCUT2D eigenvalue weighted by Crippen LogP contribution is -2.11. The molecule has 1 aromatic carbocycles. The summed E-state index contributed by atoms with van der Waals surface area (Å²) in [6.07, 6.45) is 0. The highest BCUT2D eigenvalue weighted by atomic mass is 35.5. The second kappa shape index (κ2) is 8.47. The molecule has 2 rings (SSSR count). The van der Waals surface area contributed by atoms with Crippen LogP contribution in [0.5, 0.6) is 11.5 Å². The number of nitrogen functional groups attached to an aromatic ring is 1. The molecular formula is C13H17Cl2N5O2. The van der Waals surface area contributed by atoms with E-state index in [2.05, 4.69) is 20.7 Å². The number of hydrazine groups is 1. The standard InChI is InChI=1S/C13H16ClN5O2.ClH/c1-20-9-4-3-8(10(5-9)21-2)7-16-13-17-11(14)6-12(18-13)19-15;/h3-6H,7,15H2,1-2H3,(H2,16,17,18,19);1H. The summed E-state index contributed by atoms with van der Waals surface area (Å²) < 4.78 is 10.5. The Morgan fingerprint density at radius 2 is 1.95 bits per heavy atom. The summed E-state index contributed by atoms with van der Waals surface area (Å²) >= 11 is 5.88. The summed E-state index contributed by atoms with van der Waals surface area (Å²) in [6, 6.07) is 7.09. The second-order valence-electron chi connectivity index (χ2n) is 4.08. The van der Waals surface area contributed by atoms with E-state index in [1.54, 1.807) is 14.2 Å². The minimum Gasteiger partial charge on any atom is -0.497 e. The topological polar surface area (TPSA) is 94.3 Å².